The maximum atomic E-state index is 12.9. The van der Waals surface area contributed by atoms with E-state index in [9.17, 15) is 14.4 Å². The molecule has 0 saturated heterocycles. The van der Waals surface area contributed by atoms with Crippen molar-refractivity contribution in [2.45, 2.75) is 412 Å². The van der Waals surface area contributed by atoms with E-state index in [0.717, 1.165) is 77.0 Å². The monoisotopic (exact) mass is 1110 g/mol. The van der Waals surface area contributed by atoms with Gasteiger partial charge in [0.1, 0.15) is 13.2 Å². The molecule has 0 fully saturated rings. The lowest BCUT2D eigenvalue weighted by Gasteiger charge is -2.18. The van der Waals surface area contributed by atoms with Gasteiger partial charge < -0.3 is 14.2 Å². The van der Waals surface area contributed by atoms with Gasteiger partial charge in [0.15, 0.2) is 6.10 Å². The van der Waals surface area contributed by atoms with E-state index < -0.39 is 6.10 Å². The minimum absolute atomic E-state index is 0.0692. The Kier molecular flexibility index (Phi) is 66.6. The largest absolute Gasteiger partial charge is 0.462 e. The van der Waals surface area contributed by atoms with Crippen LogP contribution in [0.3, 0.4) is 0 Å². The minimum atomic E-state index is -0.774. The fraction of sp³-hybridized carbons (Fsp3) is 0.904. The number of esters is 3. The molecule has 79 heavy (non-hydrogen) atoms. The molecule has 0 rings (SSSR count). The zero-order valence-electron chi connectivity index (χ0n) is 53.7. The fourth-order valence-electron chi connectivity index (χ4n) is 11.1. The first-order chi connectivity index (χ1) is 39.0. The van der Waals surface area contributed by atoms with Crippen molar-refractivity contribution in [2.75, 3.05) is 13.2 Å². The van der Waals surface area contributed by atoms with E-state index in [1.807, 2.05) is 0 Å². The highest BCUT2D eigenvalue weighted by molar-refractivity contribution is 5.71. The van der Waals surface area contributed by atoms with E-state index in [-0.39, 0.29) is 31.1 Å². The fourth-order valence-corrected chi connectivity index (χ4v) is 11.1. The van der Waals surface area contributed by atoms with Gasteiger partial charge in [0.25, 0.3) is 0 Å². The second-order valence-electron chi connectivity index (χ2n) is 24.5. The SMILES string of the molecule is CCCCCC/C=C\C/C=C\CCCCCCCC(=O)OCC(COC(=O)CCCCCCCCCCCCCCCCCCCCCCCCCCCCC)OC(=O)CCCCCCCCCCCCCCCCCCCC. The average molecular weight is 1110 g/mol. The van der Waals surface area contributed by atoms with Gasteiger partial charge in [-0.2, -0.15) is 0 Å². The third-order valence-electron chi connectivity index (χ3n) is 16.5. The highest BCUT2D eigenvalue weighted by Crippen LogP contribution is 2.19. The first-order valence-corrected chi connectivity index (χ1v) is 35.8. The maximum Gasteiger partial charge on any atom is 0.306 e. The van der Waals surface area contributed by atoms with Gasteiger partial charge >= 0.3 is 17.9 Å². The Morgan fingerprint density at radius 3 is 0.709 bits per heavy atom. The van der Waals surface area contributed by atoms with Crippen molar-refractivity contribution in [3.05, 3.63) is 24.3 Å². The van der Waals surface area contributed by atoms with Crippen molar-refractivity contribution in [1.82, 2.24) is 0 Å². The van der Waals surface area contributed by atoms with Gasteiger partial charge in [-0.3, -0.25) is 14.4 Å². The van der Waals surface area contributed by atoms with Crippen LogP contribution in [0, 0.1) is 0 Å². The van der Waals surface area contributed by atoms with Gasteiger partial charge in [0, 0.05) is 19.3 Å². The molecule has 0 aromatic carbocycles. The summed E-state index contributed by atoms with van der Waals surface area (Å²) in [4.78, 5) is 38.4. The van der Waals surface area contributed by atoms with Crippen LogP contribution in [-0.4, -0.2) is 37.2 Å². The van der Waals surface area contributed by atoms with Crippen molar-refractivity contribution >= 4 is 17.9 Å². The Bertz CT molecular complexity index is 1270. The molecule has 466 valence electrons. The summed E-state index contributed by atoms with van der Waals surface area (Å²) in [6, 6.07) is 0. The smallest absolute Gasteiger partial charge is 0.306 e. The predicted octanol–water partition coefficient (Wildman–Crippen LogP) is 24.6. The first-order valence-electron chi connectivity index (χ1n) is 35.8. The van der Waals surface area contributed by atoms with Gasteiger partial charge in [-0.15, -0.1) is 0 Å². The number of hydrogen-bond acceptors (Lipinski definition) is 6. The number of hydrogen-bond donors (Lipinski definition) is 0. The van der Waals surface area contributed by atoms with Crippen LogP contribution in [0.1, 0.15) is 406 Å². The molecule has 0 bridgehead atoms. The van der Waals surface area contributed by atoms with Crippen molar-refractivity contribution in [1.29, 1.82) is 0 Å². The topological polar surface area (TPSA) is 78.9 Å². The molecule has 0 aliphatic carbocycles. The molecule has 0 amide bonds. The lowest BCUT2D eigenvalue weighted by Crippen LogP contribution is -2.30. The lowest BCUT2D eigenvalue weighted by atomic mass is 10.0. The second kappa shape index (κ2) is 68.4. The Morgan fingerprint density at radius 1 is 0.253 bits per heavy atom. The zero-order chi connectivity index (χ0) is 57.1. The Morgan fingerprint density at radius 2 is 0.456 bits per heavy atom. The van der Waals surface area contributed by atoms with Crippen molar-refractivity contribution in [3.8, 4) is 0 Å². The van der Waals surface area contributed by atoms with Crippen molar-refractivity contribution in [3.63, 3.8) is 0 Å². The average Bonchev–Trinajstić information content (AvgIpc) is 3.45. The first kappa shape index (κ1) is 76.9. The van der Waals surface area contributed by atoms with Gasteiger partial charge in [0.05, 0.1) is 0 Å². The minimum Gasteiger partial charge on any atom is -0.462 e. The van der Waals surface area contributed by atoms with Crippen LogP contribution in [0.25, 0.3) is 0 Å². The quantitative estimate of drug-likeness (QED) is 0.0261. The molecule has 1 atom stereocenters. The zero-order valence-corrected chi connectivity index (χ0v) is 53.7. The molecule has 0 spiro atoms. The van der Waals surface area contributed by atoms with Crippen LogP contribution in [0.15, 0.2) is 24.3 Å². The molecule has 0 radical (unpaired) electrons. The number of unbranched alkanes of at least 4 members (excludes halogenated alkanes) is 52. The maximum absolute atomic E-state index is 12.9. The highest BCUT2D eigenvalue weighted by atomic mass is 16.6. The molecular formula is C73H138O6. The Labute approximate surface area is 493 Å². The van der Waals surface area contributed by atoms with E-state index in [4.69, 9.17) is 14.2 Å². The van der Waals surface area contributed by atoms with Crippen LogP contribution in [0.2, 0.25) is 0 Å². The van der Waals surface area contributed by atoms with Crippen LogP contribution >= 0.6 is 0 Å². The number of carbonyl (C=O) groups is 3. The summed E-state index contributed by atoms with van der Waals surface area (Å²) in [6.07, 6.45) is 83.5. The lowest BCUT2D eigenvalue weighted by molar-refractivity contribution is -0.167. The summed E-state index contributed by atoms with van der Waals surface area (Å²) in [5.74, 6) is -0.850. The third kappa shape index (κ3) is 66.6. The molecule has 6 heteroatoms. The van der Waals surface area contributed by atoms with E-state index >= 15 is 0 Å². The van der Waals surface area contributed by atoms with Crippen molar-refractivity contribution < 1.29 is 28.6 Å². The van der Waals surface area contributed by atoms with Crippen molar-refractivity contribution in [2.24, 2.45) is 0 Å². The normalized spacial score (nSPS) is 12.1. The Hall–Kier alpha value is -2.11. The third-order valence-corrected chi connectivity index (χ3v) is 16.5. The van der Waals surface area contributed by atoms with Crippen LogP contribution in [0.4, 0.5) is 0 Å². The van der Waals surface area contributed by atoms with Crippen LogP contribution < -0.4 is 0 Å². The van der Waals surface area contributed by atoms with E-state index in [1.54, 1.807) is 0 Å². The molecule has 0 saturated carbocycles. The van der Waals surface area contributed by atoms with E-state index in [2.05, 4.69) is 45.1 Å². The van der Waals surface area contributed by atoms with E-state index in [1.165, 1.54) is 289 Å². The second-order valence-corrected chi connectivity index (χ2v) is 24.5. The standard InChI is InChI=1S/C73H138O6/c1-4-7-10-13-16-19-22-25-28-31-33-34-35-36-37-38-39-40-41-43-45-48-51-54-57-60-63-66-72(75)78-69-70(68-77-71(74)65-62-59-56-53-50-47-44-30-27-24-21-18-15-12-9-6-3)79-73(76)67-64-61-58-55-52-49-46-42-32-29-26-23-20-17-14-11-8-5-2/h21,24,30,44,70H,4-20,22-23,25-29,31-43,45-69H2,1-3H3/b24-21-,44-30-. The Balaban J connectivity index is 4.23. The molecule has 0 aliphatic heterocycles. The van der Waals surface area contributed by atoms with Crippen LogP contribution in [-0.2, 0) is 28.6 Å². The highest BCUT2D eigenvalue weighted by Gasteiger charge is 2.19. The summed E-state index contributed by atoms with van der Waals surface area (Å²) in [5, 5.41) is 0. The van der Waals surface area contributed by atoms with Crippen LogP contribution in [0.5, 0.6) is 0 Å². The van der Waals surface area contributed by atoms with Gasteiger partial charge in [-0.25, -0.2) is 0 Å². The molecule has 1 unspecified atom stereocenters. The number of ether oxygens (including phenoxy) is 3. The van der Waals surface area contributed by atoms with Gasteiger partial charge in [-0.05, 0) is 51.4 Å². The van der Waals surface area contributed by atoms with Gasteiger partial charge in [-0.1, -0.05) is 360 Å². The van der Waals surface area contributed by atoms with E-state index in [0.29, 0.717) is 19.3 Å². The summed E-state index contributed by atoms with van der Waals surface area (Å²) in [7, 11) is 0. The molecule has 0 aromatic rings. The molecule has 0 N–H and O–H groups in total. The van der Waals surface area contributed by atoms with Gasteiger partial charge in [0.2, 0.25) is 0 Å². The molecule has 0 aliphatic rings. The number of rotatable bonds is 67. The summed E-state index contributed by atoms with van der Waals surface area (Å²) >= 11 is 0. The summed E-state index contributed by atoms with van der Waals surface area (Å²) in [6.45, 7) is 6.70. The summed E-state index contributed by atoms with van der Waals surface area (Å²) < 4.78 is 17.0. The number of carbonyl (C=O) groups excluding carboxylic acids is 3. The molecule has 0 heterocycles. The molecule has 0 aromatic heterocycles. The molecular weight excluding hydrogens is 973 g/mol. The predicted molar refractivity (Wildman–Crippen MR) is 344 cm³/mol. The number of allylic oxidation sites excluding steroid dienone is 4. The summed E-state index contributed by atoms with van der Waals surface area (Å²) in [5.41, 5.74) is 0. The molecule has 6 nitrogen and oxygen atoms in total.